The van der Waals surface area contributed by atoms with Crippen molar-refractivity contribution in [1.82, 2.24) is 0 Å². The lowest BCUT2D eigenvalue weighted by atomic mass is 9.98. The third-order valence-corrected chi connectivity index (χ3v) is 4.85. The number of benzene rings is 2. The number of hydrogen-bond donors (Lipinski definition) is 0. The van der Waals surface area contributed by atoms with Crippen molar-refractivity contribution in [2.75, 3.05) is 0 Å². The van der Waals surface area contributed by atoms with Crippen LogP contribution in [0.3, 0.4) is 0 Å². The Bertz CT molecular complexity index is 579. The second-order valence-electron chi connectivity index (χ2n) is 4.39. The molecule has 0 saturated carbocycles. The zero-order valence-corrected chi connectivity index (χ0v) is 14.1. The van der Waals surface area contributed by atoms with Crippen LogP contribution in [0.25, 0.3) is 0 Å². The lowest BCUT2D eigenvalue weighted by Gasteiger charge is -2.16. The maximum Gasteiger partial charge on any atom is 0.0658 e. The topological polar surface area (TPSA) is 0 Å². The summed E-state index contributed by atoms with van der Waals surface area (Å²) in [5.74, 6) is 0. The minimum Gasteiger partial charge on any atom is -0.0843 e. The molecule has 0 saturated heterocycles. The van der Waals surface area contributed by atoms with Gasteiger partial charge in [-0.25, -0.2) is 0 Å². The van der Waals surface area contributed by atoms with Gasteiger partial charge < -0.3 is 0 Å². The van der Waals surface area contributed by atoms with Gasteiger partial charge in [0.2, 0.25) is 0 Å². The number of aryl methyl sites for hydroxylation is 2. The molecule has 0 N–H and O–H groups in total. The third kappa shape index (κ3) is 2.98. The van der Waals surface area contributed by atoms with Gasteiger partial charge in [0.15, 0.2) is 0 Å². The molecule has 0 aromatic heterocycles. The molecule has 0 amide bonds. The fourth-order valence-electron chi connectivity index (χ4n) is 1.91. The summed E-state index contributed by atoms with van der Waals surface area (Å²) in [5, 5.41) is 0.742. The quantitative estimate of drug-likeness (QED) is 0.537. The van der Waals surface area contributed by atoms with Gasteiger partial charge in [-0.15, -0.1) is 0 Å². The summed E-state index contributed by atoms with van der Waals surface area (Å²) < 4.78 is 1.03. The highest BCUT2D eigenvalue weighted by Gasteiger charge is 2.15. The summed E-state index contributed by atoms with van der Waals surface area (Å²) in [6.45, 7) is 4.24. The average molecular weight is 389 g/mol. The zero-order valence-electron chi connectivity index (χ0n) is 10.2. The van der Waals surface area contributed by atoms with Gasteiger partial charge in [-0.1, -0.05) is 73.3 Å². The first-order valence-corrected chi connectivity index (χ1v) is 7.74. The van der Waals surface area contributed by atoms with Crippen molar-refractivity contribution in [2.24, 2.45) is 0 Å². The molecule has 0 bridgehead atoms. The molecule has 2 aromatic rings. The van der Waals surface area contributed by atoms with E-state index in [2.05, 4.69) is 63.9 Å². The highest BCUT2D eigenvalue weighted by atomic mass is 79.9. The smallest absolute Gasteiger partial charge is 0.0658 e. The molecule has 1 atom stereocenters. The number of halogens is 3. The summed E-state index contributed by atoms with van der Waals surface area (Å²) in [4.78, 5) is 0.170. The molecule has 2 aromatic carbocycles. The molecular formula is C15H13Br2Cl. The maximum absolute atomic E-state index is 5.98. The van der Waals surface area contributed by atoms with Crippen molar-refractivity contribution >= 4 is 43.5 Å². The lowest BCUT2D eigenvalue weighted by molar-refractivity contribution is 1.12. The largest absolute Gasteiger partial charge is 0.0843 e. The second-order valence-corrected chi connectivity index (χ2v) is 6.59. The molecule has 0 radical (unpaired) electrons. The SMILES string of the molecule is Cc1ccc(C)c(C(Br)c2ccc(Cl)cc2Br)c1. The highest BCUT2D eigenvalue weighted by Crippen LogP contribution is 2.38. The standard InChI is InChI=1S/C15H13Br2Cl/c1-9-3-4-10(2)13(7-9)15(17)12-6-5-11(18)8-14(12)16/h3-8,15H,1-2H3. The molecule has 18 heavy (non-hydrogen) atoms. The van der Waals surface area contributed by atoms with Crippen LogP contribution in [0, 0.1) is 13.8 Å². The van der Waals surface area contributed by atoms with Gasteiger partial charge in [0.05, 0.1) is 4.83 Å². The molecule has 94 valence electrons. The van der Waals surface area contributed by atoms with Crippen LogP contribution in [-0.4, -0.2) is 0 Å². The van der Waals surface area contributed by atoms with Gasteiger partial charge >= 0.3 is 0 Å². The van der Waals surface area contributed by atoms with Crippen LogP contribution in [0.5, 0.6) is 0 Å². The fraction of sp³-hybridized carbons (Fsp3) is 0.200. The predicted octanol–water partition coefficient (Wildman–Crippen LogP) is 6.20. The Morgan fingerprint density at radius 2 is 1.72 bits per heavy atom. The zero-order chi connectivity index (χ0) is 13.3. The number of rotatable bonds is 2. The monoisotopic (exact) mass is 386 g/mol. The van der Waals surface area contributed by atoms with Gasteiger partial charge in [0.1, 0.15) is 0 Å². The number of hydrogen-bond acceptors (Lipinski definition) is 0. The van der Waals surface area contributed by atoms with Crippen molar-refractivity contribution < 1.29 is 0 Å². The van der Waals surface area contributed by atoms with Crippen LogP contribution in [0.1, 0.15) is 27.1 Å². The first-order valence-electron chi connectivity index (χ1n) is 5.65. The summed E-state index contributed by atoms with van der Waals surface area (Å²) in [5.41, 5.74) is 5.03. The van der Waals surface area contributed by atoms with Crippen molar-refractivity contribution in [2.45, 2.75) is 18.7 Å². The summed E-state index contributed by atoms with van der Waals surface area (Å²) in [6.07, 6.45) is 0. The molecular weight excluding hydrogens is 375 g/mol. The van der Waals surface area contributed by atoms with Gasteiger partial charge in [-0.05, 0) is 42.7 Å². The van der Waals surface area contributed by atoms with E-state index < -0.39 is 0 Å². The first-order chi connectivity index (χ1) is 8.49. The molecule has 0 spiro atoms. The van der Waals surface area contributed by atoms with Gasteiger partial charge in [-0.3, -0.25) is 0 Å². The van der Waals surface area contributed by atoms with Gasteiger partial charge in [-0.2, -0.15) is 0 Å². The lowest BCUT2D eigenvalue weighted by Crippen LogP contribution is -1.97. The molecule has 1 unspecified atom stereocenters. The third-order valence-electron chi connectivity index (χ3n) is 2.94. The van der Waals surface area contributed by atoms with E-state index >= 15 is 0 Å². The minimum atomic E-state index is 0.170. The van der Waals surface area contributed by atoms with Crippen LogP contribution < -0.4 is 0 Å². The Balaban J connectivity index is 2.47. The van der Waals surface area contributed by atoms with E-state index in [0.29, 0.717) is 0 Å². The molecule has 0 heterocycles. The van der Waals surface area contributed by atoms with E-state index in [4.69, 9.17) is 11.6 Å². The summed E-state index contributed by atoms with van der Waals surface area (Å²) in [6, 6.07) is 12.4. The van der Waals surface area contributed by atoms with E-state index in [9.17, 15) is 0 Å². The molecule has 3 heteroatoms. The summed E-state index contributed by atoms with van der Waals surface area (Å²) in [7, 11) is 0. The fourth-order valence-corrected chi connectivity index (χ4v) is 4.02. The van der Waals surface area contributed by atoms with Crippen molar-refractivity contribution in [3.05, 3.63) is 68.1 Å². The Hall–Kier alpha value is -0.310. The Morgan fingerprint density at radius 1 is 1.00 bits per heavy atom. The van der Waals surface area contributed by atoms with Gasteiger partial charge in [0, 0.05) is 9.50 Å². The molecule has 2 rings (SSSR count). The summed E-state index contributed by atoms with van der Waals surface area (Å²) >= 11 is 13.3. The Morgan fingerprint density at radius 3 is 2.39 bits per heavy atom. The van der Waals surface area contributed by atoms with Crippen LogP contribution in [0.2, 0.25) is 5.02 Å². The van der Waals surface area contributed by atoms with E-state index in [1.807, 2.05) is 18.2 Å². The van der Waals surface area contributed by atoms with Gasteiger partial charge in [0.25, 0.3) is 0 Å². The molecule has 0 nitrogen and oxygen atoms in total. The minimum absolute atomic E-state index is 0.170. The maximum atomic E-state index is 5.98. The second kappa shape index (κ2) is 5.77. The van der Waals surface area contributed by atoms with E-state index in [1.54, 1.807) is 0 Å². The van der Waals surface area contributed by atoms with Crippen molar-refractivity contribution in [3.8, 4) is 0 Å². The Labute approximate surface area is 130 Å². The number of alkyl halides is 1. The first kappa shape index (κ1) is 14.1. The van der Waals surface area contributed by atoms with E-state index in [0.717, 1.165) is 9.50 Å². The van der Waals surface area contributed by atoms with E-state index in [-0.39, 0.29) is 4.83 Å². The van der Waals surface area contributed by atoms with Crippen LogP contribution >= 0.6 is 43.5 Å². The predicted molar refractivity (Wildman–Crippen MR) is 85.8 cm³/mol. The molecule has 0 aliphatic carbocycles. The van der Waals surface area contributed by atoms with Crippen molar-refractivity contribution in [1.29, 1.82) is 0 Å². The van der Waals surface area contributed by atoms with Crippen molar-refractivity contribution in [3.63, 3.8) is 0 Å². The molecule has 0 aliphatic heterocycles. The average Bonchev–Trinajstić information content (AvgIpc) is 2.31. The molecule has 0 fully saturated rings. The highest BCUT2D eigenvalue weighted by molar-refractivity contribution is 9.11. The van der Waals surface area contributed by atoms with Crippen LogP contribution in [-0.2, 0) is 0 Å². The Kier molecular flexibility index (Phi) is 4.52. The normalized spacial score (nSPS) is 12.5. The van der Waals surface area contributed by atoms with Crippen LogP contribution in [0.4, 0.5) is 0 Å². The van der Waals surface area contributed by atoms with Crippen LogP contribution in [0.15, 0.2) is 40.9 Å². The van der Waals surface area contributed by atoms with E-state index in [1.165, 1.54) is 22.3 Å². The molecule has 0 aliphatic rings.